The molecule has 0 aliphatic carbocycles. The third kappa shape index (κ3) is 4.10. The molecule has 0 aliphatic rings. The van der Waals surface area contributed by atoms with Gasteiger partial charge >= 0.3 is 0 Å². The van der Waals surface area contributed by atoms with E-state index in [0.29, 0.717) is 0 Å². The van der Waals surface area contributed by atoms with Crippen LogP contribution in [0.25, 0.3) is 0 Å². The third-order valence-electron chi connectivity index (χ3n) is 3.78. The van der Waals surface area contributed by atoms with E-state index < -0.39 is 0 Å². The highest BCUT2D eigenvalue weighted by Gasteiger charge is 2.22. The zero-order valence-corrected chi connectivity index (χ0v) is 14.6. The van der Waals surface area contributed by atoms with Gasteiger partial charge in [0.25, 0.3) is 0 Å². The zero-order valence-electron chi connectivity index (χ0n) is 13.0. The van der Waals surface area contributed by atoms with E-state index in [1.807, 2.05) is 55.5 Å². The van der Waals surface area contributed by atoms with Crippen LogP contribution in [0.4, 0.5) is 5.69 Å². The number of ether oxygens (including phenoxy) is 1. The molecule has 116 valence electrons. The topological polar surface area (TPSA) is 38.3 Å². The van der Waals surface area contributed by atoms with Gasteiger partial charge in [-0.3, -0.25) is 4.79 Å². The number of carbonyl (C=O) groups is 1. The Labute approximate surface area is 139 Å². The van der Waals surface area contributed by atoms with Crippen LogP contribution in [0.5, 0.6) is 5.75 Å². The van der Waals surface area contributed by atoms with E-state index in [4.69, 9.17) is 4.74 Å². The number of hydrogen-bond donors (Lipinski definition) is 1. The molecule has 0 amide bonds. The first kappa shape index (κ1) is 16.6. The van der Waals surface area contributed by atoms with Crippen molar-refractivity contribution in [3.63, 3.8) is 0 Å². The van der Waals surface area contributed by atoms with Gasteiger partial charge in [-0.15, -0.1) is 0 Å². The van der Waals surface area contributed by atoms with Gasteiger partial charge in [0.15, 0.2) is 0 Å². The Kier molecular flexibility index (Phi) is 5.61. The number of anilines is 1. The summed E-state index contributed by atoms with van der Waals surface area (Å²) in [4.78, 5) is 11.8. The molecule has 2 aromatic carbocycles. The zero-order chi connectivity index (χ0) is 16.1. The number of Topliss-reactive ketones (excluding diaryl/α,β-unsaturated/α-hetero) is 1. The van der Waals surface area contributed by atoms with Gasteiger partial charge in [0.2, 0.25) is 0 Å². The number of rotatable bonds is 6. The molecule has 2 rings (SSSR count). The first-order valence-electron chi connectivity index (χ1n) is 7.17. The smallest absolute Gasteiger partial charge is 0.135 e. The maximum absolute atomic E-state index is 11.8. The predicted octanol–water partition coefficient (Wildman–Crippen LogP) is 4.84. The minimum Gasteiger partial charge on any atom is -0.497 e. The Balaban J connectivity index is 2.27. The van der Waals surface area contributed by atoms with Crippen LogP contribution in [0.15, 0.2) is 53.0 Å². The van der Waals surface area contributed by atoms with Crippen molar-refractivity contribution in [1.82, 2.24) is 0 Å². The highest BCUT2D eigenvalue weighted by Crippen LogP contribution is 2.29. The van der Waals surface area contributed by atoms with Crippen molar-refractivity contribution < 1.29 is 9.53 Å². The van der Waals surface area contributed by atoms with Crippen molar-refractivity contribution in [2.45, 2.75) is 19.9 Å². The predicted molar refractivity (Wildman–Crippen MR) is 93.3 cm³/mol. The minimum atomic E-state index is -0.122. The fourth-order valence-electron chi connectivity index (χ4n) is 2.27. The fraction of sp³-hybridized carbons (Fsp3) is 0.278. The average molecular weight is 362 g/mol. The van der Waals surface area contributed by atoms with Crippen LogP contribution in [-0.2, 0) is 4.79 Å². The SMILES string of the molecule is COc1ccc(NC(c2ccc(Br)cc2)C(C)C(C)=O)cc1. The molecule has 0 saturated heterocycles. The molecule has 0 radical (unpaired) electrons. The van der Waals surface area contributed by atoms with E-state index in [1.165, 1.54) is 0 Å². The molecule has 0 saturated carbocycles. The fourth-order valence-corrected chi connectivity index (χ4v) is 2.53. The number of methoxy groups -OCH3 is 1. The second-order valence-electron chi connectivity index (χ2n) is 5.30. The number of hydrogen-bond acceptors (Lipinski definition) is 3. The van der Waals surface area contributed by atoms with Gasteiger partial charge in [0, 0.05) is 16.1 Å². The molecule has 0 aromatic heterocycles. The lowest BCUT2D eigenvalue weighted by atomic mass is 9.91. The van der Waals surface area contributed by atoms with Gasteiger partial charge in [-0.1, -0.05) is 35.0 Å². The van der Waals surface area contributed by atoms with Gasteiger partial charge in [-0.2, -0.15) is 0 Å². The van der Waals surface area contributed by atoms with Gasteiger partial charge in [0.1, 0.15) is 11.5 Å². The van der Waals surface area contributed by atoms with Crippen LogP contribution in [0.3, 0.4) is 0 Å². The van der Waals surface area contributed by atoms with E-state index in [2.05, 4.69) is 21.2 Å². The van der Waals surface area contributed by atoms with Crippen molar-refractivity contribution in [2.75, 3.05) is 12.4 Å². The van der Waals surface area contributed by atoms with E-state index in [9.17, 15) is 4.79 Å². The molecular formula is C18H20BrNO2. The van der Waals surface area contributed by atoms with Crippen LogP contribution < -0.4 is 10.1 Å². The minimum absolute atomic E-state index is 0.0704. The van der Waals surface area contributed by atoms with Crippen LogP contribution in [0, 0.1) is 5.92 Å². The van der Waals surface area contributed by atoms with Crippen LogP contribution in [0.2, 0.25) is 0 Å². The third-order valence-corrected chi connectivity index (χ3v) is 4.31. The summed E-state index contributed by atoms with van der Waals surface area (Å²) in [7, 11) is 1.64. The van der Waals surface area contributed by atoms with Crippen molar-refractivity contribution in [3.8, 4) is 5.75 Å². The summed E-state index contributed by atoms with van der Waals surface area (Å²) in [6, 6.07) is 15.7. The Bertz CT molecular complexity index is 623. The molecule has 3 nitrogen and oxygen atoms in total. The summed E-state index contributed by atoms with van der Waals surface area (Å²) in [5.41, 5.74) is 2.04. The summed E-state index contributed by atoms with van der Waals surface area (Å²) in [6.45, 7) is 3.58. The van der Waals surface area contributed by atoms with Gasteiger partial charge < -0.3 is 10.1 Å². The van der Waals surface area contributed by atoms with E-state index in [0.717, 1.165) is 21.5 Å². The molecule has 0 fully saturated rings. The molecule has 0 heterocycles. The highest BCUT2D eigenvalue weighted by molar-refractivity contribution is 9.10. The average Bonchev–Trinajstić information content (AvgIpc) is 2.53. The van der Waals surface area contributed by atoms with Gasteiger partial charge in [-0.05, 0) is 48.9 Å². The number of carbonyl (C=O) groups excluding carboxylic acids is 1. The summed E-state index contributed by atoms with van der Waals surface area (Å²) >= 11 is 3.44. The normalized spacial score (nSPS) is 13.3. The molecule has 0 bridgehead atoms. The molecule has 4 heteroatoms. The van der Waals surface area contributed by atoms with Crippen molar-refractivity contribution in [3.05, 3.63) is 58.6 Å². The largest absolute Gasteiger partial charge is 0.497 e. The van der Waals surface area contributed by atoms with Crippen molar-refractivity contribution >= 4 is 27.4 Å². The number of nitrogens with one attached hydrogen (secondary N) is 1. The summed E-state index contributed by atoms with van der Waals surface area (Å²) < 4.78 is 6.19. The summed E-state index contributed by atoms with van der Waals surface area (Å²) in [5.74, 6) is 0.850. The van der Waals surface area contributed by atoms with Gasteiger partial charge in [-0.25, -0.2) is 0 Å². The second kappa shape index (κ2) is 7.45. The Morgan fingerprint density at radius 3 is 2.18 bits per heavy atom. The van der Waals surface area contributed by atoms with Crippen LogP contribution >= 0.6 is 15.9 Å². The molecule has 2 unspecified atom stereocenters. The van der Waals surface area contributed by atoms with Crippen molar-refractivity contribution in [2.24, 2.45) is 5.92 Å². The molecule has 1 N–H and O–H groups in total. The van der Waals surface area contributed by atoms with E-state index in [1.54, 1.807) is 14.0 Å². The number of benzene rings is 2. The Morgan fingerprint density at radius 2 is 1.68 bits per heavy atom. The monoisotopic (exact) mass is 361 g/mol. The van der Waals surface area contributed by atoms with Crippen LogP contribution in [0.1, 0.15) is 25.5 Å². The highest BCUT2D eigenvalue weighted by atomic mass is 79.9. The number of halogens is 1. The second-order valence-corrected chi connectivity index (χ2v) is 6.22. The van der Waals surface area contributed by atoms with Crippen molar-refractivity contribution in [1.29, 1.82) is 0 Å². The number of ketones is 1. The molecule has 2 aromatic rings. The molecule has 0 spiro atoms. The maximum Gasteiger partial charge on any atom is 0.135 e. The van der Waals surface area contributed by atoms with Crippen LogP contribution in [-0.4, -0.2) is 12.9 Å². The lowest BCUT2D eigenvalue weighted by molar-refractivity contribution is -0.120. The molecule has 0 aliphatic heterocycles. The standard InChI is InChI=1S/C18H20BrNO2/c1-12(13(2)21)18(14-4-6-15(19)7-5-14)20-16-8-10-17(22-3)11-9-16/h4-12,18,20H,1-3H3. The molecular weight excluding hydrogens is 342 g/mol. The molecule has 2 atom stereocenters. The summed E-state index contributed by atoms with van der Waals surface area (Å²) in [5, 5.41) is 3.46. The maximum atomic E-state index is 11.8. The lowest BCUT2D eigenvalue weighted by Crippen LogP contribution is -2.24. The first-order chi connectivity index (χ1) is 10.5. The summed E-state index contributed by atoms with van der Waals surface area (Å²) in [6.07, 6.45) is 0. The van der Waals surface area contributed by atoms with E-state index >= 15 is 0 Å². The lowest BCUT2D eigenvalue weighted by Gasteiger charge is -2.25. The van der Waals surface area contributed by atoms with E-state index in [-0.39, 0.29) is 17.7 Å². The van der Waals surface area contributed by atoms with Gasteiger partial charge in [0.05, 0.1) is 13.2 Å². The molecule has 22 heavy (non-hydrogen) atoms. The Morgan fingerprint density at radius 1 is 1.09 bits per heavy atom. The first-order valence-corrected chi connectivity index (χ1v) is 7.97. The quantitative estimate of drug-likeness (QED) is 0.800. The Hall–Kier alpha value is -1.81.